The van der Waals surface area contributed by atoms with Crippen molar-refractivity contribution in [3.05, 3.63) is 204 Å². The number of halogens is 2. The molecular formula is C66H72F2MgN4O13-2. The molecule has 0 fully saturated rings. The topological polar surface area (TPSA) is 329 Å². The smallest absolute Gasteiger partial charge is 0.852 e. The molecule has 2 heterocycles. The van der Waals surface area contributed by atoms with Gasteiger partial charge in [0, 0.05) is 58.9 Å². The number of carbonyl (C=O) groups excluding carboxylic acids is 4. The number of amides is 2. The maximum absolute atomic E-state index is 14.0. The number of nitrogens with one attached hydrogen (secondary N) is 2. The average Bonchev–Trinajstić information content (AvgIpc) is 1.82. The maximum Gasteiger partial charge on any atom is 2.00 e. The molecule has 0 aliphatic carbocycles. The van der Waals surface area contributed by atoms with E-state index in [0.29, 0.717) is 56.1 Å². The largest absolute Gasteiger partial charge is 2.00 e. The third-order valence-corrected chi connectivity index (χ3v) is 13.8. The summed E-state index contributed by atoms with van der Waals surface area (Å²) in [5.41, 5.74) is 9.26. The molecule has 0 aliphatic rings. The number of hydrogen-bond acceptors (Lipinski definition) is 10. The fourth-order valence-corrected chi connectivity index (χ4v) is 10.4. The fraction of sp³-hybridized carbons (Fsp3) is 0.273. The molecule has 86 heavy (non-hydrogen) atoms. The quantitative estimate of drug-likeness (QED) is 0.0524. The van der Waals surface area contributed by atoms with Gasteiger partial charge >= 0.3 is 23.1 Å². The van der Waals surface area contributed by atoms with Gasteiger partial charge in [0.15, 0.2) is 0 Å². The van der Waals surface area contributed by atoms with Crippen LogP contribution in [0.2, 0.25) is 0 Å². The van der Waals surface area contributed by atoms with E-state index in [0.717, 1.165) is 22.5 Å². The van der Waals surface area contributed by atoms with Crippen LogP contribution in [0.3, 0.4) is 0 Å². The second kappa shape index (κ2) is 34.3. The van der Waals surface area contributed by atoms with Gasteiger partial charge < -0.3 is 76.4 Å². The van der Waals surface area contributed by atoms with Crippen LogP contribution < -0.4 is 31.1 Å². The predicted molar refractivity (Wildman–Crippen MR) is 321 cm³/mol. The van der Waals surface area contributed by atoms with E-state index in [9.17, 15) is 58.6 Å². The zero-order chi connectivity index (χ0) is 59.0. The van der Waals surface area contributed by atoms with E-state index >= 15 is 0 Å². The molecular weight excluding hydrogens is 1120 g/mol. The van der Waals surface area contributed by atoms with Crippen molar-refractivity contribution in [3.63, 3.8) is 0 Å². The minimum absolute atomic E-state index is 0. The number of carboxylic acids is 2. The minimum Gasteiger partial charge on any atom is -0.852 e. The number of carboxylic acid groups (broad SMARTS) is 2. The normalized spacial score (nSPS) is 12.1. The van der Waals surface area contributed by atoms with E-state index < -0.39 is 60.8 Å². The molecule has 4 atom stereocenters. The molecule has 0 radical (unpaired) electrons. The summed E-state index contributed by atoms with van der Waals surface area (Å²) in [6, 6.07) is 49.2. The first-order chi connectivity index (χ1) is 39.3. The third kappa shape index (κ3) is 19.1. The van der Waals surface area contributed by atoms with E-state index in [1.807, 2.05) is 134 Å². The second-order valence-corrected chi connectivity index (χ2v) is 20.7. The molecule has 8 aromatic rings. The van der Waals surface area contributed by atoms with Gasteiger partial charge in [0.1, 0.15) is 11.6 Å². The Morgan fingerprint density at radius 1 is 0.465 bits per heavy atom. The molecule has 0 unspecified atom stereocenters. The number of rotatable bonds is 24. The molecule has 2 aromatic heterocycles. The van der Waals surface area contributed by atoms with Gasteiger partial charge in [-0.25, -0.2) is 8.78 Å². The number of nitrogens with zero attached hydrogens (tertiary/aromatic N) is 2. The molecule has 2 amide bonds. The first kappa shape index (κ1) is 72.4. The Bertz CT molecular complexity index is 3180. The van der Waals surface area contributed by atoms with Crippen LogP contribution in [-0.4, -0.2) is 107 Å². The number of aliphatic hydroxyl groups is 2. The predicted octanol–water partition coefficient (Wildman–Crippen LogP) is 5.84. The second-order valence-electron chi connectivity index (χ2n) is 20.7. The van der Waals surface area contributed by atoms with Gasteiger partial charge in [0.25, 0.3) is 11.8 Å². The molecule has 0 bridgehead atoms. The number of aliphatic carboxylic acids is 2. The van der Waals surface area contributed by atoms with E-state index in [2.05, 4.69) is 10.6 Å². The molecule has 0 spiro atoms. The van der Waals surface area contributed by atoms with E-state index in [4.69, 9.17) is 0 Å². The van der Waals surface area contributed by atoms with E-state index in [1.54, 1.807) is 48.5 Å². The number of benzene rings is 6. The van der Waals surface area contributed by atoms with Gasteiger partial charge in [-0.1, -0.05) is 125 Å². The van der Waals surface area contributed by atoms with Crippen LogP contribution in [0.15, 0.2) is 170 Å². The van der Waals surface area contributed by atoms with Gasteiger partial charge in [-0.15, -0.1) is 12.2 Å². The number of aliphatic hydroxyl groups excluding tert-OH is 2. The first-order valence-electron chi connectivity index (χ1n) is 27.3. The monoisotopic (exact) mass is 1190 g/mol. The Morgan fingerprint density at radius 3 is 1.03 bits per heavy atom. The van der Waals surface area contributed by atoms with Crippen LogP contribution >= 0.6 is 0 Å². The Hall–Kier alpha value is -7.89. The number of hydrogen-bond donors (Lipinski definition) is 4. The summed E-state index contributed by atoms with van der Waals surface area (Å²) in [7, 11) is 0. The number of aromatic nitrogens is 2. The van der Waals surface area contributed by atoms with Crippen molar-refractivity contribution in [3.8, 4) is 44.8 Å². The van der Waals surface area contributed by atoms with E-state index in [1.165, 1.54) is 24.3 Å². The fourth-order valence-electron chi connectivity index (χ4n) is 10.4. The van der Waals surface area contributed by atoms with Crippen molar-refractivity contribution < 1.29 is 75.0 Å². The molecule has 0 saturated carbocycles. The zero-order valence-corrected chi connectivity index (χ0v) is 49.7. The van der Waals surface area contributed by atoms with Crippen molar-refractivity contribution in [1.82, 2.24) is 9.13 Å². The molecule has 17 nitrogen and oxygen atoms in total. The Labute approximate surface area is 514 Å². The number of carbonyl (C=O) groups is 4. The summed E-state index contributed by atoms with van der Waals surface area (Å²) >= 11 is 0. The average molecular weight is 1190 g/mol. The van der Waals surface area contributed by atoms with Crippen LogP contribution in [0.25, 0.3) is 44.8 Å². The van der Waals surface area contributed by atoms with Gasteiger partial charge in [0.2, 0.25) is 0 Å². The number of para-hydroxylation sites is 2. The minimum atomic E-state index is -1.49. The molecule has 0 aliphatic heterocycles. The van der Waals surface area contributed by atoms with Crippen molar-refractivity contribution >= 4 is 58.2 Å². The summed E-state index contributed by atoms with van der Waals surface area (Å²) in [5.74, 6) is -4.59. The zero-order valence-electron chi connectivity index (χ0n) is 48.3. The number of anilines is 2. The Kier molecular flexibility index (Phi) is 28.9. The van der Waals surface area contributed by atoms with Crippen LogP contribution in [0, 0.1) is 11.6 Å². The van der Waals surface area contributed by atoms with Crippen molar-refractivity contribution in [2.24, 2.45) is 0 Å². The SMILES string of the molecule is CC(C)c1c(C(=O)Nc2ccccc2)c(-c2ccccc2)c(-c2ccc(F)cc2)n1CC[C@@H](O)C[C@@H]([O-])CC(=O)[O-].CC(C)c1c(C(=O)Nc2ccccc2)c(-c2ccccc2)c(-c2ccc(F)cc2)n1CC[C@@H](O)C[C@@H]([O-])CC(=O)[O-].O.O.O.[Mg+2]. The Balaban J connectivity index is 0.000000430. The summed E-state index contributed by atoms with van der Waals surface area (Å²) in [5, 5.41) is 73.2. The van der Waals surface area contributed by atoms with Crippen molar-refractivity contribution in [2.45, 2.75) is 116 Å². The molecule has 6 aromatic carbocycles. The maximum atomic E-state index is 14.0. The molecule has 452 valence electrons. The van der Waals surface area contributed by atoms with Gasteiger partial charge in [0.05, 0.1) is 34.7 Å². The third-order valence-electron chi connectivity index (χ3n) is 13.8. The summed E-state index contributed by atoms with van der Waals surface area (Å²) < 4.78 is 31.9. The molecule has 10 N–H and O–H groups in total. The molecule has 0 saturated heterocycles. The van der Waals surface area contributed by atoms with Crippen molar-refractivity contribution in [2.75, 3.05) is 10.6 Å². The first-order valence-corrected chi connectivity index (χ1v) is 27.3. The Morgan fingerprint density at radius 2 is 0.756 bits per heavy atom. The standard InChI is InChI=1S/2C33H34FN2O5.Mg.3H2O/c2*1-21(2)31-30(33(41)35-25-11-7-4-8-12-25)29(22-9-5-3-6-10-22)32(23-13-15-24(34)16-14-23)36(31)18-17-26(37)19-27(38)20-28(39)40;;;;/h2*3-16,21,26-27,37H,17-20H2,1-2H3,(H,35,41)(H,39,40);;3*1H2/q2*-1;+2;;;/p-2/t2*26-,27-;;;;/m11..../s1. The summed E-state index contributed by atoms with van der Waals surface area (Å²) in [6.45, 7) is 8.35. The van der Waals surface area contributed by atoms with Crippen LogP contribution in [0.1, 0.15) is 110 Å². The van der Waals surface area contributed by atoms with Gasteiger partial charge in [-0.3, -0.25) is 9.59 Å². The van der Waals surface area contributed by atoms with E-state index in [-0.39, 0.29) is 102 Å². The molecule has 20 heteroatoms. The van der Waals surface area contributed by atoms with Crippen LogP contribution in [0.5, 0.6) is 0 Å². The van der Waals surface area contributed by atoms with Gasteiger partial charge in [-0.2, -0.15) is 0 Å². The van der Waals surface area contributed by atoms with Crippen LogP contribution in [-0.2, 0) is 22.7 Å². The molecule has 8 rings (SSSR count). The summed E-state index contributed by atoms with van der Waals surface area (Å²) in [4.78, 5) is 49.7. The van der Waals surface area contributed by atoms with Gasteiger partial charge in [-0.05, 0) is 145 Å². The van der Waals surface area contributed by atoms with Crippen LogP contribution in [0.4, 0.5) is 20.2 Å². The van der Waals surface area contributed by atoms with Crippen molar-refractivity contribution in [1.29, 1.82) is 0 Å². The summed E-state index contributed by atoms with van der Waals surface area (Å²) in [6.07, 6.45) is -6.69.